The predicted molar refractivity (Wildman–Crippen MR) is 75.1 cm³/mol. The lowest BCUT2D eigenvalue weighted by Crippen LogP contribution is -2.36. The van der Waals surface area contributed by atoms with Crippen molar-refractivity contribution in [2.24, 2.45) is 5.92 Å². The van der Waals surface area contributed by atoms with Gasteiger partial charge < -0.3 is 14.6 Å². The first kappa shape index (κ1) is 15.2. The molecule has 0 aromatic heterocycles. The van der Waals surface area contributed by atoms with Gasteiger partial charge in [0.25, 0.3) is 0 Å². The van der Waals surface area contributed by atoms with Gasteiger partial charge in [-0.05, 0) is 13.3 Å². The van der Waals surface area contributed by atoms with E-state index in [1.807, 2.05) is 37.3 Å². The van der Waals surface area contributed by atoms with E-state index in [0.29, 0.717) is 13.0 Å². The minimum Gasteiger partial charge on any atom is -0.393 e. The molecule has 0 saturated carbocycles. The molecule has 1 saturated heterocycles. The highest BCUT2D eigenvalue weighted by Crippen LogP contribution is 2.30. The van der Waals surface area contributed by atoms with Crippen molar-refractivity contribution >= 4 is 5.78 Å². The molecule has 110 valence electrons. The van der Waals surface area contributed by atoms with Gasteiger partial charge in [0.15, 0.2) is 6.29 Å². The molecule has 1 aromatic carbocycles. The molecule has 2 rings (SSSR count). The summed E-state index contributed by atoms with van der Waals surface area (Å²) in [6.45, 7) is 4.07. The Bertz CT molecular complexity index is 429. The van der Waals surface area contributed by atoms with Crippen molar-refractivity contribution < 1.29 is 19.4 Å². The maximum atomic E-state index is 12.0. The second-order valence-electron chi connectivity index (χ2n) is 5.38. The molecule has 0 unspecified atom stereocenters. The standard InChI is InChI=1S/C16H22O4/c1-11(17)10-14(18)12(2)15-8-9-19-16(20-15)13-6-4-3-5-7-13/h3-7,11-12,15-17H,8-10H2,1-2H3/t11-,12-,15-,16-/m0/s1. The number of aliphatic hydroxyl groups excluding tert-OH is 1. The first-order valence-electron chi connectivity index (χ1n) is 7.10. The van der Waals surface area contributed by atoms with Gasteiger partial charge in [0.05, 0.1) is 18.8 Å². The molecule has 1 heterocycles. The van der Waals surface area contributed by atoms with Gasteiger partial charge >= 0.3 is 0 Å². The molecule has 20 heavy (non-hydrogen) atoms. The number of Topliss-reactive ketones (excluding diaryl/α,β-unsaturated/α-hetero) is 1. The van der Waals surface area contributed by atoms with Crippen LogP contribution in [0, 0.1) is 5.92 Å². The van der Waals surface area contributed by atoms with Gasteiger partial charge in [-0.15, -0.1) is 0 Å². The van der Waals surface area contributed by atoms with E-state index in [2.05, 4.69) is 0 Å². The lowest BCUT2D eigenvalue weighted by Gasteiger charge is -2.33. The quantitative estimate of drug-likeness (QED) is 0.899. The molecule has 0 bridgehead atoms. The van der Waals surface area contributed by atoms with E-state index in [0.717, 1.165) is 5.56 Å². The Morgan fingerprint density at radius 2 is 2.05 bits per heavy atom. The third kappa shape index (κ3) is 3.88. The van der Waals surface area contributed by atoms with Gasteiger partial charge in [0, 0.05) is 17.9 Å². The Labute approximate surface area is 119 Å². The molecule has 4 heteroatoms. The van der Waals surface area contributed by atoms with Crippen LogP contribution in [0.4, 0.5) is 0 Å². The molecule has 0 radical (unpaired) electrons. The number of rotatable bonds is 5. The average Bonchev–Trinajstić information content (AvgIpc) is 2.47. The largest absolute Gasteiger partial charge is 0.393 e. The molecule has 1 aliphatic rings. The number of hydrogen-bond acceptors (Lipinski definition) is 4. The molecule has 0 spiro atoms. The van der Waals surface area contributed by atoms with Crippen molar-refractivity contribution in [3.8, 4) is 0 Å². The summed E-state index contributed by atoms with van der Waals surface area (Å²) in [5, 5.41) is 9.31. The zero-order valence-electron chi connectivity index (χ0n) is 12.0. The normalized spacial score (nSPS) is 25.9. The van der Waals surface area contributed by atoms with Crippen LogP contribution in [0.15, 0.2) is 30.3 Å². The number of ketones is 1. The number of aliphatic hydroxyl groups is 1. The smallest absolute Gasteiger partial charge is 0.184 e. The molecule has 1 aliphatic heterocycles. The molecule has 1 fully saturated rings. The van der Waals surface area contributed by atoms with Crippen LogP contribution in [-0.4, -0.2) is 29.7 Å². The summed E-state index contributed by atoms with van der Waals surface area (Å²) in [6, 6.07) is 9.73. The zero-order valence-corrected chi connectivity index (χ0v) is 12.0. The molecule has 0 amide bonds. The highest BCUT2D eigenvalue weighted by atomic mass is 16.7. The maximum Gasteiger partial charge on any atom is 0.184 e. The van der Waals surface area contributed by atoms with Gasteiger partial charge in [0.1, 0.15) is 5.78 Å². The van der Waals surface area contributed by atoms with Crippen LogP contribution >= 0.6 is 0 Å². The van der Waals surface area contributed by atoms with Crippen LogP contribution in [0.1, 0.15) is 38.5 Å². The van der Waals surface area contributed by atoms with Crippen molar-refractivity contribution in [1.82, 2.24) is 0 Å². The Kier molecular flexibility index (Phi) is 5.29. The molecule has 1 N–H and O–H groups in total. The summed E-state index contributed by atoms with van der Waals surface area (Å²) in [7, 11) is 0. The fourth-order valence-electron chi connectivity index (χ4n) is 2.39. The minimum absolute atomic E-state index is 0.0405. The van der Waals surface area contributed by atoms with E-state index >= 15 is 0 Å². The van der Waals surface area contributed by atoms with Gasteiger partial charge in [-0.25, -0.2) is 0 Å². The molecular formula is C16H22O4. The van der Waals surface area contributed by atoms with E-state index in [1.165, 1.54) is 0 Å². The summed E-state index contributed by atoms with van der Waals surface area (Å²) >= 11 is 0. The molecule has 0 aliphatic carbocycles. The van der Waals surface area contributed by atoms with Gasteiger partial charge in [-0.1, -0.05) is 37.3 Å². The van der Waals surface area contributed by atoms with E-state index in [4.69, 9.17) is 9.47 Å². The van der Waals surface area contributed by atoms with Crippen LogP contribution in [-0.2, 0) is 14.3 Å². The number of hydrogen-bond donors (Lipinski definition) is 1. The third-order valence-electron chi connectivity index (χ3n) is 3.60. The maximum absolute atomic E-state index is 12.0. The van der Waals surface area contributed by atoms with Crippen LogP contribution in [0.2, 0.25) is 0 Å². The van der Waals surface area contributed by atoms with Crippen LogP contribution in [0.5, 0.6) is 0 Å². The Balaban J connectivity index is 1.98. The summed E-state index contributed by atoms with van der Waals surface area (Å²) in [5.41, 5.74) is 0.965. The van der Waals surface area contributed by atoms with Crippen molar-refractivity contribution in [3.63, 3.8) is 0 Å². The molecule has 4 nitrogen and oxygen atoms in total. The lowest BCUT2D eigenvalue weighted by molar-refractivity contribution is -0.227. The summed E-state index contributed by atoms with van der Waals surface area (Å²) in [6.07, 6.45) is -0.278. The van der Waals surface area contributed by atoms with Crippen LogP contribution in [0.25, 0.3) is 0 Å². The number of ether oxygens (including phenoxy) is 2. The Morgan fingerprint density at radius 3 is 2.70 bits per heavy atom. The van der Waals surface area contributed by atoms with Gasteiger partial charge in [-0.3, -0.25) is 4.79 Å². The Hall–Kier alpha value is -1.23. The topological polar surface area (TPSA) is 55.8 Å². The fourth-order valence-corrected chi connectivity index (χ4v) is 2.39. The monoisotopic (exact) mass is 278 g/mol. The first-order chi connectivity index (χ1) is 9.58. The molecular weight excluding hydrogens is 256 g/mol. The highest BCUT2D eigenvalue weighted by molar-refractivity contribution is 5.81. The third-order valence-corrected chi connectivity index (χ3v) is 3.60. The summed E-state index contributed by atoms with van der Waals surface area (Å²) in [4.78, 5) is 12.0. The van der Waals surface area contributed by atoms with Crippen molar-refractivity contribution in [1.29, 1.82) is 0 Å². The first-order valence-corrected chi connectivity index (χ1v) is 7.10. The highest BCUT2D eigenvalue weighted by Gasteiger charge is 2.31. The SMILES string of the molecule is C[C@H](O)CC(=O)[C@H](C)[C@@H]1CCO[C@H](c2ccccc2)O1. The minimum atomic E-state index is -0.602. The number of carbonyl (C=O) groups is 1. The second-order valence-corrected chi connectivity index (χ2v) is 5.38. The van der Waals surface area contributed by atoms with Gasteiger partial charge in [0.2, 0.25) is 0 Å². The number of carbonyl (C=O) groups excluding carboxylic acids is 1. The van der Waals surface area contributed by atoms with Crippen molar-refractivity contribution in [3.05, 3.63) is 35.9 Å². The van der Waals surface area contributed by atoms with E-state index in [-0.39, 0.29) is 24.2 Å². The molecule has 1 aromatic rings. The lowest BCUT2D eigenvalue weighted by atomic mass is 9.93. The second kappa shape index (κ2) is 6.97. The van der Waals surface area contributed by atoms with Crippen molar-refractivity contribution in [2.45, 2.75) is 45.2 Å². The fraction of sp³-hybridized carbons (Fsp3) is 0.562. The summed E-state index contributed by atoms with van der Waals surface area (Å²) in [5.74, 6) is -0.182. The summed E-state index contributed by atoms with van der Waals surface area (Å²) < 4.78 is 11.5. The molecule has 4 atom stereocenters. The van der Waals surface area contributed by atoms with Gasteiger partial charge in [-0.2, -0.15) is 0 Å². The average molecular weight is 278 g/mol. The Morgan fingerprint density at radius 1 is 1.35 bits per heavy atom. The van der Waals surface area contributed by atoms with E-state index in [1.54, 1.807) is 6.92 Å². The zero-order chi connectivity index (χ0) is 14.5. The van der Waals surface area contributed by atoms with Crippen molar-refractivity contribution in [2.75, 3.05) is 6.61 Å². The van der Waals surface area contributed by atoms with E-state index in [9.17, 15) is 9.90 Å². The number of benzene rings is 1. The predicted octanol–water partition coefficient (Wildman–Crippen LogP) is 2.47. The van der Waals surface area contributed by atoms with Crippen LogP contribution in [0.3, 0.4) is 0 Å². The van der Waals surface area contributed by atoms with E-state index < -0.39 is 12.4 Å². The van der Waals surface area contributed by atoms with Crippen LogP contribution < -0.4 is 0 Å².